The fourth-order valence-corrected chi connectivity index (χ4v) is 1.79. The molecule has 0 radical (unpaired) electrons. The van der Waals surface area contributed by atoms with Gasteiger partial charge in [-0.05, 0) is 15.7 Å². The molecule has 0 unspecified atom stereocenters. The Kier molecular flexibility index (Phi) is 2.75. The van der Waals surface area contributed by atoms with Crippen molar-refractivity contribution in [3.05, 3.63) is 28.8 Å². The summed E-state index contributed by atoms with van der Waals surface area (Å²) in [6, 6.07) is 0. The first-order valence-electron chi connectivity index (χ1n) is 4.55. The molecule has 12 heteroatoms. The average Bonchev–Trinajstić information content (AvgIpc) is 2.49. The van der Waals surface area contributed by atoms with Crippen molar-refractivity contribution in [3.63, 3.8) is 0 Å². The molecule has 0 amide bonds. The SMILES string of the molecule is C1=C(C2=C(c3cnnnn3)N=NNS2)N=NNO1. The molecule has 1 aromatic heterocycles. The van der Waals surface area contributed by atoms with Gasteiger partial charge in [-0.25, -0.2) is 4.83 Å². The lowest BCUT2D eigenvalue weighted by Gasteiger charge is -2.13. The maximum atomic E-state index is 4.84. The van der Waals surface area contributed by atoms with Crippen molar-refractivity contribution in [1.29, 1.82) is 0 Å². The Morgan fingerprint density at radius 2 is 2.17 bits per heavy atom. The highest BCUT2D eigenvalue weighted by Crippen LogP contribution is 2.34. The van der Waals surface area contributed by atoms with Gasteiger partial charge in [0.1, 0.15) is 23.4 Å². The minimum atomic E-state index is 0.424. The summed E-state index contributed by atoms with van der Waals surface area (Å²) in [6.45, 7) is 0. The summed E-state index contributed by atoms with van der Waals surface area (Å²) in [4.78, 5) is 8.12. The lowest BCUT2D eigenvalue weighted by Crippen LogP contribution is -2.09. The lowest BCUT2D eigenvalue weighted by atomic mass is 10.3. The van der Waals surface area contributed by atoms with Gasteiger partial charge in [-0.3, -0.25) is 0 Å². The molecule has 2 aliphatic rings. The molecule has 0 saturated heterocycles. The van der Waals surface area contributed by atoms with Crippen molar-refractivity contribution in [3.8, 4) is 0 Å². The van der Waals surface area contributed by atoms with E-state index in [0.717, 1.165) is 0 Å². The first kappa shape index (κ1) is 10.5. The number of nitrogens with one attached hydrogen (secondary N) is 2. The van der Waals surface area contributed by atoms with Crippen molar-refractivity contribution in [2.45, 2.75) is 0 Å². The molecule has 18 heavy (non-hydrogen) atoms. The Balaban J connectivity index is 2.07. The summed E-state index contributed by atoms with van der Waals surface area (Å²) in [5.41, 5.74) is 3.58. The fraction of sp³-hybridized carbons (Fsp3) is 0. The topological polar surface area (TPSA) is 134 Å². The summed E-state index contributed by atoms with van der Waals surface area (Å²) >= 11 is 1.20. The second-order valence-corrected chi connectivity index (χ2v) is 3.69. The Hall–Kier alpha value is -2.63. The molecule has 0 atom stereocenters. The Morgan fingerprint density at radius 3 is 2.94 bits per heavy atom. The van der Waals surface area contributed by atoms with E-state index in [0.29, 0.717) is 22.0 Å². The van der Waals surface area contributed by atoms with Crippen molar-refractivity contribution in [2.75, 3.05) is 0 Å². The van der Waals surface area contributed by atoms with Crippen molar-refractivity contribution < 1.29 is 4.84 Å². The second kappa shape index (κ2) is 4.70. The molecule has 0 spiro atoms. The third-order valence-electron chi connectivity index (χ3n) is 1.87. The van der Waals surface area contributed by atoms with Gasteiger partial charge in [-0.1, -0.05) is 5.22 Å². The van der Waals surface area contributed by atoms with E-state index in [1.807, 2.05) is 0 Å². The van der Waals surface area contributed by atoms with Gasteiger partial charge in [-0.15, -0.1) is 26.0 Å². The number of rotatable bonds is 2. The fourth-order valence-electron chi connectivity index (χ4n) is 1.18. The highest BCUT2D eigenvalue weighted by molar-refractivity contribution is 8.01. The van der Waals surface area contributed by atoms with Crippen LogP contribution in [0, 0.1) is 0 Å². The lowest BCUT2D eigenvalue weighted by molar-refractivity contribution is 0.119. The van der Waals surface area contributed by atoms with Crippen LogP contribution in [0.25, 0.3) is 5.70 Å². The van der Waals surface area contributed by atoms with E-state index in [1.165, 1.54) is 24.4 Å². The van der Waals surface area contributed by atoms with Crippen molar-refractivity contribution in [2.24, 2.45) is 20.7 Å². The molecule has 3 rings (SSSR count). The zero-order valence-electron chi connectivity index (χ0n) is 8.55. The van der Waals surface area contributed by atoms with Crippen LogP contribution in [0.1, 0.15) is 5.69 Å². The highest BCUT2D eigenvalue weighted by Gasteiger charge is 2.21. The van der Waals surface area contributed by atoms with Crippen LogP contribution in [0.15, 0.2) is 43.7 Å². The predicted octanol–water partition coefficient (Wildman–Crippen LogP) is 0.297. The van der Waals surface area contributed by atoms with Crippen LogP contribution in [-0.2, 0) is 4.84 Å². The van der Waals surface area contributed by atoms with Crippen LogP contribution < -0.4 is 10.4 Å². The standard InChI is InChI=1S/C6H4N10OS/c1-3(8-12-11-7-1)5-6(18-16-14-10-5)4-2-17-15-13-9-4/h1-2H,(H,9,15)(H,10,16). The van der Waals surface area contributed by atoms with E-state index in [2.05, 4.69) is 51.7 Å². The van der Waals surface area contributed by atoms with Gasteiger partial charge < -0.3 is 4.84 Å². The monoisotopic (exact) mass is 264 g/mol. The smallest absolute Gasteiger partial charge is 0.150 e. The number of aromatic nitrogens is 4. The zero-order valence-corrected chi connectivity index (χ0v) is 9.37. The third kappa shape index (κ3) is 1.95. The minimum absolute atomic E-state index is 0.424. The summed E-state index contributed by atoms with van der Waals surface area (Å²) < 4.78 is 0. The van der Waals surface area contributed by atoms with Gasteiger partial charge in [0.25, 0.3) is 0 Å². The first-order valence-corrected chi connectivity index (χ1v) is 5.37. The highest BCUT2D eigenvalue weighted by atomic mass is 32.2. The van der Waals surface area contributed by atoms with Gasteiger partial charge in [0.15, 0.2) is 0 Å². The minimum Gasteiger partial charge on any atom is -0.369 e. The normalized spacial score (nSPS) is 17.7. The van der Waals surface area contributed by atoms with E-state index >= 15 is 0 Å². The molecule has 1 aromatic rings. The summed E-state index contributed by atoms with van der Waals surface area (Å²) in [5.74, 6) is 0. The zero-order chi connectivity index (χ0) is 12.2. The van der Waals surface area contributed by atoms with Gasteiger partial charge in [-0.2, -0.15) is 0 Å². The molecule has 2 aliphatic heterocycles. The van der Waals surface area contributed by atoms with E-state index < -0.39 is 0 Å². The van der Waals surface area contributed by atoms with Crippen LogP contribution in [0.3, 0.4) is 0 Å². The van der Waals surface area contributed by atoms with Crippen molar-refractivity contribution in [1.82, 2.24) is 31.0 Å². The molecule has 0 aromatic carbocycles. The molecule has 3 heterocycles. The summed E-state index contributed by atoms with van der Waals surface area (Å²) in [5, 5.41) is 29.3. The van der Waals surface area contributed by atoms with E-state index in [9.17, 15) is 0 Å². The maximum Gasteiger partial charge on any atom is 0.150 e. The van der Waals surface area contributed by atoms with Gasteiger partial charge in [0.2, 0.25) is 0 Å². The van der Waals surface area contributed by atoms with Gasteiger partial charge in [0.05, 0.1) is 11.1 Å². The molecular formula is C6H4N10OS. The van der Waals surface area contributed by atoms with Crippen LogP contribution in [0.5, 0.6) is 0 Å². The van der Waals surface area contributed by atoms with Crippen LogP contribution in [-0.4, -0.2) is 20.6 Å². The molecular weight excluding hydrogens is 260 g/mol. The quantitative estimate of drug-likeness (QED) is 0.728. The van der Waals surface area contributed by atoms with Crippen LogP contribution in [0.4, 0.5) is 0 Å². The average molecular weight is 264 g/mol. The molecule has 0 bridgehead atoms. The van der Waals surface area contributed by atoms with Gasteiger partial charge in [0, 0.05) is 11.9 Å². The number of nitrogens with zero attached hydrogens (tertiary/aromatic N) is 8. The molecule has 90 valence electrons. The number of hydrogen-bond donors (Lipinski definition) is 2. The Bertz CT molecular complexity index is 565. The summed E-state index contributed by atoms with van der Waals surface area (Å²) in [6.07, 6.45) is 2.81. The van der Waals surface area contributed by atoms with E-state index in [4.69, 9.17) is 4.84 Å². The van der Waals surface area contributed by atoms with Crippen molar-refractivity contribution >= 4 is 17.6 Å². The molecule has 0 aliphatic carbocycles. The molecule has 2 N–H and O–H groups in total. The second-order valence-electron chi connectivity index (χ2n) is 2.89. The van der Waals surface area contributed by atoms with Crippen LogP contribution in [0.2, 0.25) is 0 Å². The predicted molar refractivity (Wildman–Crippen MR) is 57.3 cm³/mol. The molecule has 0 saturated carbocycles. The van der Waals surface area contributed by atoms with E-state index in [-0.39, 0.29) is 0 Å². The first-order chi connectivity index (χ1) is 8.95. The Morgan fingerprint density at radius 1 is 1.17 bits per heavy atom. The van der Waals surface area contributed by atoms with Gasteiger partial charge >= 0.3 is 0 Å². The molecule has 0 fully saturated rings. The Labute approximate surface area is 104 Å². The third-order valence-corrected chi connectivity index (χ3v) is 2.65. The number of hydrogen-bond acceptors (Lipinski definition) is 12. The van der Waals surface area contributed by atoms with Crippen LogP contribution >= 0.6 is 11.9 Å². The largest absolute Gasteiger partial charge is 0.369 e. The molecule has 11 nitrogen and oxygen atoms in total. The maximum absolute atomic E-state index is 4.84. The van der Waals surface area contributed by atoms with E-state index in [1.54, 1.807) is 0 Å². The summed E-state index contributed by atoms with van der Waals surface area (Å²) in [7, 11) is 0.